The average molecular weight is 698 g/mol. The average Bonchev–Trinajstić information content (AvgIpc) is 3.80. The lowest BCUT2D eigenvalue weighted by Gasteiger charge is -2.29. The Balaban J connectivity index is 1.49. The van der Waals surface area contributed by atoms with Gasteiger partial charge in [0.15, 0.2) is 0 Å². The van der Waals surface area contributed by atoms with Crippen molar-refractivity contribution in [2.75, 3.05) is 56.9 Å². The Morgan fingerprint density at radius 1 is 1.18 bits per heavy atom. The Kier molecular flexibility index (Phi) is 8.28. The Labute approximate surface area is 288 Å². The number of benzene rings is 1. The third-order valence-electron chi connectivity index (χ3n) is 9.69. The van der Waals surface area contributed by atoms with E-state index >= 15 is 4.39 Å². The molecule has 0 aliphatic carbocycles. The van der Waals surface area contributed by atoms with Crippen molar-refractivity contribution in [2.45, 2.75) is 12.5 Å². The van der Waals surface area contributed by atoms with Crippen LogP contribution >= 0.6 is 0 Å². The van der Waals surface area contributed by atoms with Crippen LogP contribution < -0.4 is 21.0 Å². The number of carbonyl (C=O) groups is 3. The number of rotatable bonds is 7. The lowest BCUT2D eigenvalue weighted by atomic mass is 9.98. The number of ether oxygens (including phenoxy) is 2. The second-order valence-corrected chi connectivity index (χ2v) is 12.7. The highest BCUT2D eigenvalue weighted by Gasteiger charge is 2.42. The van der Waals surface area contributed by atoms with E-state index in [1.807, 2.05) is 13.1 Å². The van der Waals surface area contributed by atoms with Crippen molar-refractivity contribution in [2.24, 2.45) is 18.7 Å². The Bertz CT molecular complexity index is 2400. The van der Waals surface area contributed by atoms with Crippen LogP contribution in [0.15, 0.2) is 35.5 Å². The molecule has 1 aromatic carbocycles. The van der Waals surface area contributed by atoms with Gasteiger partial charge in [-0.3, -0.25) is 14.5 Å². The summed E-state index contributed by atoms with van der Waals surface area (Å²) < 4.78 is 27.2. The SMILES string of the molecule is CN1C[C@@H]2CCN(c3c(-c4cnc5c(c4)c(=O)c(C(=O)O)cn5C)cnc4[nH]c5c(N(C)C(=O)OCOC(=O)CN)cc(F)c(C#N)c5c34)[C@@H]2C1. The van der Waals surface area contributed by atoms with Crippen LogP contribution in [0.1, 0.15) is 22.3 Å². The van der Waals surface area contributed by atoms with Gasteiger partial charge in [-0.05, 0) is 25.5 Å². The maximum absolute atomic E-state index is 15.9. The van der Waals surface area contributed by atoms with E-state index in [0.717, 1.165) is 30.5 Å². The highest BCUT2D eigenvalue weighted by Crippen LogP contribution is 2.47. The van der Waals surface area contributed by atoms with Gasteiger partial charge in [-0.15, -0.1) is 0 Å². The van der Waals surface area contributed by atoms with Gasteiger partial charge in [0.25, 0.3) is 0 Å². The van der Waals surface area contributed by atoms with Crippen molar-refractivity contribution in [3.8, 4) is 17.2 Å². The molecule has 0 spiro atoms. The number of pyridine rings is 3. The summed E-state index contributed by atoms with van der Waals surface area (Å²) in [5, 5.41) is 20.7. The molecular weight excluding hydrogens is 665 g/mol. The number of H-pyrrole nitrogens is 1. The minimum absolute atomic E-state index is 0.0270. The zero-order valence-electron chi connectivity index (χ0n) is 27.8. The van der Waals surface area contributed by atoms with E-state index < -0.39 is 48.2 Å². The number of nitrogens with zero attached hydrogens (tertiary/aromatic N) is 7. The molecule has 2 fully saturated rings. The zero-order chi connectivity index (χ0) is 36.3. The van der Waals surface area contributed by atoms with E-state index in [1.165, 1.54) is 17.8 Å². The van der Waals surface area contributed by atoms with E-state index in [0.29, 0.717) is 40.3 Å². The first-order chi connectivity index (χ1) is 24.4. The van der Waals surface area contributed by atoms with Gasteiger partial charge in [0, 0.05) is 80.9 Å². The summed E-state index contributed by atoms with van der Waals surface area (Å²) >= 11 is 0. The molecule has 0 radical (unpaired) electrons. The van der Waals surface area contributed by atoms with Crippen LogP contribution in [-0.2, 0) is 21.3 Å². The number of esters is 1. The van der Waals surface area contributed by atoms with Crippen LogP contribution in [0, 0.1) is 23.1 Å². The molecule has 6 heterocycles. The smallest absolute Gasteiger partial charge is 0.416 e. The van der Waals surface area contributed by atoms with Crippen LogP contribution in [0.25, 0.3) is 44.1 Å². The minimum atomic E-state index is -1.37. The molecule has 16 nitrogen and oxygen atoms in total. The molecule has 0 bridgehead atoms. The number of hydrogen-bond acceptors (Lipinski definition) is 12. The van der Waals surface area contributed by atoms with E-state index in [-0.39, 0.29) is 39.2 Å². The number of aromatic amines is 1. The molecule has 51 heavy (non-hydrogen) atoms. The number of aryl methyl sites for hydroxylation is 1. The Morgan fingerprint density at radius 2 is 1.96 bits per heavy atom. The van der Waals surface area contributed by atoms with E-state index in [1.54, 1.807) is 25.5 Å². The first kappa shape index (κ1) is 33.4. The van der Waals surface area contributed by atoms with Gasteiger partial charge in [-0.25, -0.2) is 23.9 Å². The third-order valence-corrected chi connectivity index (χ3v) is 9.69. The van der Waals surface area contributed by atoms with Crippen molar-refractivity contribution < 1.29 is 33.4 Å². The standard InChI is InChI=1S/C34H32FN9O7/c1-41-12-16-4-5-44(24(16)14-41)29-20(17-6-18-30(46)21(33(47)48)13-42(2)32(18)39-10-17)11-38-31-27(29)26-19(8-36)22(35)7-23(28(26)40-31)43(3)34(49)51-15-50-25(45)9-37/h6-7,10-11,13,16,24H,4-5,9,12,14-15,37H2,1-3H3,(H,38,40)(H,47,48)/t16-,24+/m0/s1. The lowest BCUT2D eigenvalue weighted by Crippen LogP contribution is -2.35. The zero-order valence-corrected chi connectivity index (χ0v) is 27.8. The number of carboxylic acid groups (broad SMARTS) is 1. The monoisotopic (exact) mass is 697 g/mol. The number of carbonyl (C=O) groups excluding carboxylic acids is 2. The number of aromatic carboxylic acids is 1. The summed E-state index contributed by atoms with van der Waals surface area (Å²) in [7, 11) is 4.97. The molecular formula is C34H32FN9O7. The molecule has 4 aromatic heterocycles. The van der Waals surface area contributed by atoms with E-state index in [4.69, 9.17) is 15.2 Å². The number of anilines is 2. The number of nitrogens with one attached hydrogen (secondary N) is 1. The largest absolute Gasteiger partial charge is 0.477 e. The summed E-state index contributed by atoms with van der Waals surface area (Å²) in [5.74, 6) is -2.73. The number of aromatic nitrogens is 4. The molecule has 4 N–H and O–H groups in total. The fourth-order valence-electron chi connectivity index (χ4n) is 7.36. The summed E-state index contributed by atoms with van der Waals surface area (Å²) in [6, 6.07) is 4.64. The maximum Gasteiger partial charge on any atom is 0.416 e. The van der Waals surface area contributed by atoms with Crippen LogP contribution in [0.2, 0.25) is 0 Å². The number of carboxylic acids is 1. The van der Waals surface area contributed by atoms with Crippen molar-refractivity contribution in [3.05, 3.63) is 57.9 Å². The van der Waals surface area contributed by atoms with Crippen LogP contribution in [0.3, 0.4) is 0 Å². The molecule has 0 unspecified atom stereocenters. The molecule has 2 aliphatic heterocycles. The van der Waals surface area contributed by atoms with Crippen molar-refractivity contribution in [3.63, 3.8) is 0 Å². The number of hydrogen-bond donors (Lipinski definition) is 3. The van der Waals surface area contributed by atoms with Gasteiger partial charge >= 0.3 is 18.0 Å². The number of amides is 1. The predicted molar refractivity (Wildman–Crippen MR) is 183 cm³/mol. The van der Waals surface area contributed by atoms with Gasteiger partial charge in [0.2, 0.25) is 12.2 Å². The molecule has 2 aliphatic rings. The molecule has 1 amide bonds. The third kappa shape index (κ3) is 5.45. The fourth-order valence-corrected chi connectivity index (χ4v) is 7.36. The number of nitriles is 1. The number of halogens is 1. The Morgan fingerprint density at radius 3 is 2.69 bits per heavy atom. The van der Waals surface area contributed by atoms with Crippen molar-refractivity contribution >= 4 is 62.4 Å². The summed E-state index contributed by atoms with van der Waals surface area (Å²) in [6.45, 7) is 1.12. The Hall–Kier alpha value is -6.12. The van der Waals surface area contributed by atoms with Crippen molar-refractivity contribution in [1.29, 1.82) is 5.26 Å². The molecule has 2 saturated heterocycles. The van der Waals surface area contributed by atoms with Gasteiger partial charge < -0.3 is 39.7 Å². The minimum Gasteiger partial charge on any atom is -0.477 e. The van der Waals surface area contributed by atoms with Gasteiger partial charge in [0.1, 0.15) is 28.7 Å². The topological polar surface area (TPSA) is 213 Å². The predicted octanol–water partition coefficient (Wildman–Crippen LogP) is 2.51. The lowest BCUT2D eigenvalue weighted by molar-refractivity contribution is -0.149. The van der Waals surface area contributed by atoms with Crippen LogP contribution in [0.4, 0.5) is 20.6 Å². The normalized spacial score (nSPS) is 17.2. The molecule has 262 valence electrons. The second-order valence-electron chi connectivity index (χ2n) is 12.7. The maximum atomic E-state index is 15.9. The molecule has 7 rings (SSSR count). The number of likely N-dealkylation sites (tertiary alicyclic amines) is 1. The molecule has 5 aromatic rings. The quantitative estimate of drug-likeness (QED) is 0.165. The molecule has 0 saturated carbocycles. The highest BCUT2D eigenvalue weighted by atomic mass is 19.1. The summed E-state index contributed by atoms with van der Waals surface area (Å²) in [5.41, 5.74) is 6.28. The first-order valence-electron chi connectivity index (χ1n) is 15.9. The second kappa shape index (κ2) is 12.6. The first-order valence-corrected chi connectivity index (χ1v) is 15.9. The van der Waals surface area contributed by atoms with Gasteiger partial charge in [0.05, 0.1) is 39.8 Å². The van der Waals surface area contributed by atoms with Crippen LogP contribution in [0.5, 0.6) is 0 Å². The van der Waals surface area contributed by atoms with E-state index in [9.17, 15) is 29.5 Å². The summed E-state index contributed by atoms with van der Waals surface area (Å²) in [4.78, 5) is 67.6. The van der Waals surface area contributed by atoms with Gasteiger partial charge in [-0.2, -0.15) is 5.26 Å². The van der Waals surface area contributed by atoms with E-state index in [2.05, 4.69) is 24.8 Å². The van der Waals surface area contributed by atoms with Gasteiger partial charge in [-0.1, -0.05) is 0 Å². The molecule has 2 atom stereocenters. The fraction of sp³-hybridized carbons (Fsp3) is 0.324. The van der Waals surface area contributed by atoms with Crippen molar-refractivity contribution in [1.82, 2.24) is 24.4 Å². The number of nitrogens with two attached hydrogens (primary N) is 1. The number of fused-ring (bicyclic) bond motifs is 5. The van der Waals surface area contributed by atoms with Crippen LogP contribution in [-0.4, -0.2) is 101 Å². The molecule has 17 heteroatoms. The number of likely N-dealkylation sites (N-methyl/N-ethyl adjacent to an activating group) is 1. The highest BCUT2D eigenvalue weighted by molar-refractivity contribution is 6.20. The summed E-state index contributed by atoms with van der Waals surface area (Å²) in [6.07, 6.45) is 4.28.